The quantitative estimate of drug-likeness (QED) is 0.431. The molecular formula is C8H4N2O2. The number of nitrogens with zero attached hydrogens (tertiary/aromatic N) is 2. The Morgan fingerprint density at radius 1 is 1.50 bits per heavy atom. The Labute approximate surface area is 68.2 Å². The van der Waals surface area contributed by atoms with Crippen LogP contribution in [0.25, 0.3) is 4.85 Å². The Hall–Kier alpha value is -1.94. The molecule has 4 nitrogen and oxygen atoms in total. The van der Waals surface area contributed by atoms with Gasteiger partial charge in [-0.15, -0.1) is 0 Å². The van der Waals surface area contributed by atoms with Gasteiger partial charge < -0.3 is 0 Å². The van der Waals surface area contributed by atoms with E-state index in [1.165, 1.54) is 6.92 Å². The molecule has 0 aromatic heterocycles. The summed E-state index contributed by atoms with van der Waals surface area (Å²) in [7, 11) is 0. The van der Waals surface area contributed by atoms with E-state index in [2.05, 4.69) is 4.85 Å². The van der Waals surface area contributed by atoms with Crippen LogP contribution in [0.3, 0.4) is 0 Å². The van der Waals surface area contributed by atoms with E-state index in [1.54, 1.807) is 6.07 Å². The summed E-state index contributed by atoms with van der Waals surface area (Å²) in [5.74, 6) is 0. The second-order valence-corrected chi connectivity index (χ2v) is 2.36. The van der Waals surface area contributed by atoms with Gasteiger partial charge in [0.25, 0.3) is 0 Å². The van der Waals surface area contributed by atoms with Gasteiger partial charge >= 0.3 is 6.04 Å². The van der Waals surface area contributed by atoms with Gasteiger partial charge in [0.15, 0.2) is 6.07 Å². The summed E-state index contributed by atoms with van der Waals surface area (Å²) >= 11 is 0. The number of nitriles is 1. The number of rotatable bonds is 1. The lowest BCUT2D eigenvalue weighted by Crippen LogP contribution is -2.38. The summed E-state index contributed by atoms with van der Waals surface area (Å²) in [5, 5.41) is 8.42. The number of hydrogen-bond donors (Lipinski definition) is 0. The fourth-order valence-electron chi connectivity index (χ4n) is 1.01. The summed E-state index contributed by atoms with van der Waals surface area (Å²) in [4.78, 5) is 24.4. The van der Waals surface area contributed by atoms with Crippen LogP contribution in [0.5, 0.6) is 0 Å². The maximum atomic E-state index is 10.8. The second kappa shape index (κ2) is 2.60. The van der Waals surface area contributed by atoms with Crippen LogP contribution in [0, 0.1) is 24.8 Å². The van der Waals surface area contributed by atoms with Crippen LogP contribution in [0.2, 0.25) is 0 Å². The third kappa shape index (κ3) is 0.826. The van der Waals surface area contributed by atoms with Gasteiger partial charge in [0.05, 0.1) is 0 Å². The van der Waals surface area contributed by atoms with Crippen LogP contribution in [-0.2, 0) is 0 Å². The van der Waals surface area contributed by atoms with Gasteiger partial charge in [0.1, 0.15) is 5.56 Å². The predicted molar refractivity (Wildman–Crippen MR) is 41.0 cm³/mol. The molecule has 0 aliphatic rings. The molecule has 0 bridgehead atoms. The number of hydrogen-bond acceptors (Lipinski definition) is 3. The van der Waals surface area contributed by atoms with Crippen LogP contribution in [0.1, 0.15) is 17.2 Å². The van der Waals surface area contributed by atoms with E-state index >= 15 is 0 Å². The lowest BCUT2D eigenvalue weighted by Gasteiger charge is -2.01. The molecule has 1 aromatic rings. The minimum absolute atomic E-state index is 0.0671. The van der Waals surface area contributed by atoms with Crippen molar-refractivity contribution in [1.29, 1.82) is 5.26 Å². The molecule has 12 heavy (non-hydrogen) atoms. The van der Waals surface area contributed by atoms with Crippen LogP contribution >= 0.6 is 0 Å². The highest BCUT2D eigenvalue weighted by molar-refractivity contribution is 5.39. The average Bonchev–Trinajstić information content (AvgIpc) is 2.12. The van der Waals surface area contributed by atoms with Gasteiger partial charge in [-0.3, -0.25) is 14.4 Å². The third-order valence-electron chi connectivity index (χ3n) is 1.72. The lowest BCUT2D eigenvalue weighted by atomic mass is 9.97. The molecular weight excluding hydrogens is 156 g/mol. The van der Waals surface area contributed by atoms with E-state index in [1.807, 2.05) is 0 Å². The maximum absolute atomic E-state index is 10.8. The summed E-state index contributed by atoms with van der Waals surface area (Å²) in [6.07, 6.45) is 0. The molecule has 0 N–H and O–H groups in total. The molecule has 58 valence electrons. The first-order chi connectivity index (χ1) is 5.63. The normalized spacial score (nSPS) is 11.9. The van der Waals surface area contributed by atoms with E-state index in [-0.39, 0.29) is 11.1 Å². The van der Waals surface area contributed by atoms with Gasteiger partial charge in [-0.2, -0.15) is 5.26 Å². The molecule has 0 radical (unpaired) electrons. The van der Waals surface area contributed by atoms with E-state index in [0.29, 0.717) is 0 Å². The van der Waals surface area contributed by atoms with Crippen molar-refractivity contribution in [2.45, 2.75) is 13.0 Å². The minimum Gasteiger partial charge on any atom is -0.292 e. The molecule has 4 heteroatoms. The molecule has 0 amide bonds. The Balaban J connectivity index is 3.28. The molecule has 1 aromatic carbocycles. The highest BCUT2D eigenvalue weighted by atomic mass is 16.2. The molecule has 0 spiro atoms. The van der Waals surface area contributed by atoms with Gasteiger partial charge in [-0.1, -0.05) is 0 Å². The van der Waals surface area contributed by atoms with Crippen LogP contribution in [0.4, 0.5) is 0 Å². The van der Waals surface area contributed by atoms with Crippen molar-refractivity contribution >= 4 is 0 Å². The van der Waals surface area contributed by atoms with E-state index in [0.717, 1.165) is 0 Å². The van der Waals surface area contributed by atoms with Crippen LogP contribution in [-0.4, -0.2) is 0 Å². The van der Waals surface area contributed by atoms with E-state index in [9.17, 15) is 9.59 Å². The van der Waals surface area contributed by atoms with Crippen molar-refractivity contribution in [3.8, 4) is 6.07 Å². The zero-order chi connectivity index (χ0) is 9.30. The monoisotopic (exact) mass is 160 g/mol. The summed E-state index contributed by atoms with van der Waals surface area (Å²) in [6, 6.07) is 0.548. The van der Waals surface area contributed by atoms with Crippen molar-refractivity contribution in [1.82, 2.24) is 0 Å². The first-order valence-corrected chi connectivity index (χ1v) is 3.19. The maximum Gasteiger partial charge on any atom is 0.336 e. The summed E-state index contributed by atoms with van der Waals surface area (Å²) in [6.45, 7) is 8.03. The molecule has 0 fully saturated rings. The summed E-state index contributed by atoms with van der Waals surface area (Å²) in [5.41, 5.74) is -0.941. The van der Waals surface area contributed by atoms with Gasteiger partial charge in [-0.25, -0.2) is 6.57 Å². The fourth-order valence-corrected chi connectivity index (χ4v) is 1.01. The van der Waals surface area contributed by atoms with Crippen molar-refractivity contribution in [2.75, 3.05) is 0 Å². The summed E-state index contributed by atoms with van der Waals surface area (Å²) < 4.78 is 0. The predicted octanol–water partition coefficient (Wildman–Crippen LogP) is 0.0750. The van der Waals surface area contributed by atoms with Crippen molar-refractivity contribution in [3.63, 3.8) is 0 Å². The third-order valence-corrected chi connectivity index (χ3v) is 1.72. The fraction of sp³-hybridized carbons (Fsp3) is 0.250. The second-order valence-electron chi connectivity index (χ2n) is 2.36. The van der Waals surface area contributed by atoms with Crippen molar-refractivity contribution in [2.24, 2.45) is 0 Å². The van der Waals surface area contributed by atoms with Crippen LogP contribution in [0.15, 0.2) is 9.59 Å². The topological polar surface area (TPSA) is 62.3 Å². The molecule has 0 saturated heterocycles. The van der Waals surface area contributed by atoms with E-state index < -0.39 is 16.9 Å². The van der Waals surface area contributed by atoms with Gasteiger partial charge in [-0.05, 0) is 6.92 Å². The van der Waals surface area contributed by atoms with Crippen molar-refractivity contribution < 1.29 is 0 Å². The zero-order valence-corrected chi connectivity index (χ0v) is 6.29. The molecule has 0 saturated carbocycles. The van der Waals surface area contributed by atoms with Gasteiger partial charge in [0.2, 0.25) is 10.9 Å². The Morgan fingerprint density at radius 3 is 2.42 bits per heavy atom. The Bertz CT molecular complexity index is 452. The average molecular weight is 160 g/mol. The highest BCUT2D eigenvalue weighted by Gasteiger charge is 2.28. The standard InChI is InChI=1S/C8H4N2O2/c1-4-6(5(3-9)10-2)8(12)7(4)11/h5H,1H3. The molecule has 0 aliphatic heterocycles. The first-order valence-electron chi connectivity index (χ1n) is 3.19. The largest absolute Gasteiger partial charge is 0.336 e. The first kappa shape index (κ1) is 8.16. The molecule has 1 unspecified atom stereocenters. The molecule has 1 atom stereocenters. The van der Waals surface area contributed by atoms with E-state index in [4.69, 9.17) is 11.8 Å². The van der Waals surface area contributed by atoms with Crippen molar-refractivity contribution in [3.05, 3.63) is 43.0 Å². The zero-order valence-electron chi connectivity index (χ0n) is 6.29. The minimum atomic E-state index is -1.10. The molecule has 0 aliphatic carbocycles. The molecule has 1 rings (SSSR count). The highest BCUT2D eigenvalue weighted by Crippen LogP contribution is 2.14. The lowest BCUT2D eigenvalue weighted by molar-refractivity contribution is 0.995. The SMILES string of the molecule is [C-]#[N+]C(C#N)c1c(C)c(=O)c1=O. The molecule has 0 heterocycles. The Morgan fingerprint density at radius 2 is 2.08 bits per heavy atom. The smallest absolute Gasteiger partial charge is 0.292 e. The Kier molecular flexibility index (Phi) is 1.76. The van der Waals surface area contributed by atoms with Crippen LogP contribution < -0.4 is 10.9 Å². The van der Waals surface area contributed by atoms with Gasteiger partial charge in [0, 0.05) is 5.56 Å².